The van der Waals surface area contributed by atoms with E-state index >= 15 is 0 Å². The lowest BCUT2D eigenvalue weighted by Crippen LogP contribution is -1.83. The maximum absolute atomic E-state index is 10.8. The van der Waals surface area contributed by atoms with Gasteiger partial charge >= 0.3 is 0 Å². The highest BCUT2D eigenvalue weighted by atomic mass is 127. The summed E-state index contributed by atoms with van der Waals surface area (Å²) in [4.78, 5) is 11.9. The molecule has 0 saturated heterocycles. The zero-order valence-corrected chi connectivity index (χ0v) is 11.2. The second-order valence-corrected chi connectivity index (χ2v) is 6.63. The first-order chi connectivity index (χ1) is 6.74. The number of fused-ring (bicyclic) bond motifs is 1. The molecule has 2 rings (SSSR count). The Hall–Kier alpha value is -0.0700. The molecule has 0 unspecified atom stereocenters. The standard InChI is InChI=1S/C10H7IOS2/c1-13-8-2-6-4-10(11)14-9(6)3-7(8)5-12/h2-5H,1H3. The molecular weight excluding hydrogens is 327 g/mol. The Morgan fingerprint density at radius 2 is 2.21 bits per heavy atom. The zero-order chi connectivity index (χ0) is 10.1. The van der Waals surface area contributed by atoms with Crippen molar-refractivity contribution in [1.82, 2.24) is 0 Å². The fourth-order valence-corrected chi connectivity index (χ4v) is 3.77. The van der Waals surface area contributed by atoms with Crippen molar-refractivity contribution < 1.29 is 4.79 Å². The van der Waals surface area contributed by atoms with Crippen LogP contribution in [0.3, 0.4) is 0 Å². The van der Waals surface area contributed by atoms with Crippen LogP contribution < -0.4 is 0 Å². The number of hydrogen-bond acceptors (Lipinski definition) is 3. The maximum atomic E-state index is 10.8. The first-order valence-corrected chi connectivity index (χ1v) is 7.09. The minimum atomic E-state index is 0.795. The highest BCUT2D eigenvalue weighted by molar-refractivity contribution is 14.1. The van der Waals surface area contributed by atoms with E-state index in [2.05, 4.69) is 34.7 Å². The quantitative estimate of drug-likeness (QED) is 0.468. The lowest BCUT2D eigenvalue weighted by Gasteiger charge is -2.00. The number of hydrogen-bond donors (Lipinski definition) is 0. The van der Waals surface area contributed by atoms with Gasteiger partial charge in [0.25, 0.3) is 0 Å². The van der Waals surface area contributed by atoms with E-state index in [1.54, 1.807) is 23.1 Å². The summed E-state index contributed by atoms with van der Waals surface area (Å²) in [7, 11) is 0. The summed E-state index contributed by atoms with van der Waals surface area (Å²) in [5.41, 5.74) is 0.795. The van der Waals surface area contributed by atoms with Gasteiger partial charge in [0.15, 0.2) is 6.29 Å². The van der Waals surface area contributed by atoms with E-state index < -0.39 is 0 Å². The molecule has 1 aromatic carbocycles. The molecule has 14 heavy (non-hydrogen) atoms. The molecule has 72 valence electrons. The van der Waals surface area contributed by atoms with Crippen molar-refractivity contribution in [1.29, 1.82) is 0 Å². The smallest absolute Gasteiger partial charge is 0.151 e. The Labute approximate surface area is 104 Å². The van der Waals surface area contributed by atoms with E-state index in [1.165, 1.54) is 13.0 Å². The Bertz CT molecular complexity index is 490. The van der Waals surface area contributed by atoms with Crippen LogP contribution in [0.5, 0.6) is 0 Å². The van der Waals surface area contributed by atoms with Crippen LogP contribution in [0.4, 0.5) is 0 Å². The van der Waals surface area contributed by atoms with Gasteiger partial charge in [-0.2, -0.15) is 0 Å². The lowest BCUT2D eigenvalue weighted by molar-refractivity contribution is 0.112. The van der Waals surface area contributed by atoms with Gasteiger partial charge in [-0.1, -0.05) is 0 Å². The number of thiophene rings is 1. The van der Waals surface area contributed by atoms with Gasteiger partial charge in [0, 0.05) is 15.2 Å². The minimum Gasteiger partial charge on any atom is -0.298 e. The predicted molar refractivity (Wildman–Crippen MR) is 71.7 cm³/mol. The Balaban J connectivity index is 2.74. The fraction of sp³-hybridized carbons (Fsp3) is 0.100. The molecule has 0 aliphatic heterocycles. The monoisotopic (exact) mass is 334 g/mol. The van der Waals surface area contributed by atoms with Gasteiger partial charge in [0.1, 0.15) is 0 Å². The van der Waals surface area contributed by atoms with Crippen LogP contribution in [0.15, 0.2) is 23.1 Å². The number of carbonyl (C=O) groups is 1. The van der Waals surface area contributed by atoms with Crippen molar-refractivity contribution in [3.63, 3.8) is 0 Å². The summed E-state index contributed by atoms with van der Waals surface area (Å²) in [6.45, 7) is 0. The van der Waals surface area contributed by atoms with Crippen molar-refractivity contribution in [2.75, 3.05) is 6.26 Å². The van der Waals surface area contributed by atoms with Gasteiger partial charge in [0.05, 0.1) is 2.88 Å². The number of halogens is 1. The number of thioether (sulfide) groups is 1. The van der Waals surface area contributed by atoms with Crippen LogP contribution in [0.2, 0.25) is 0 Å². The molecule has 0 amide bonds. The number of aldehydes is 1. The van der Waals surface area contributed by atoms with E-state index in [0.29, 0.717) is 0 Å². The van der Waals surface area contributed by atoms with Crippen molar-refractivity contribution >= 4 is 62.1 Å². The van der Waals surface area contributed by atoms with Crippen molar-refractivity contribution in [2.45, 2.75) is 4.90 Å². The molecule has 1 aromatic heterocycles. The molecule has 0 bridgehead atoms. The molecule has 0 fully saturated rings. The van der Waals surface area contributed by atoms with Crippen LogP contribution in [-0.2, 0) is 0 Å². The first-order valence-electron chi connectivity index (χ1n) is 3.97. The molecule has 1 heterocycles. The first kappa shape index (κ1) is 10.4. The molecule has 0 aliphatic rings. The summed E-state index contributed by atoms with van der Waals surface area (Å²) >= 11 is 5.64. The normalized spacial score (nSPS) is 10.7. The third kappa shape index (κ3) is 1.83. The number of rotatable bonds is 2. The van der Waals surface area contributed by atoms with Crippen LogP contribution in [0.25, 0.3) is 10.1 Å². The van der Waals surface area contributed by atoms with Gasteiger partial charge in [-0.05, 0) is 52.4 Å². The molecule has 0 atom stereocenters. The van der Waals surface area contributed by atoms with E-state index in [9.17, 15) is 4.79 Å². The summed E-state index contributed by atoms with van der Waals surface area (Å²) in [6, 6.07) is 6.21. The van der Waals surface area contributed by atoms with E-state index in [-0.39, 0.29) is 0 Å². The third-order valence-corrected chi connectivity index (χ3v) is 4.62. The van der Waals surface area contributed by atoms with Gasteiger partial charge < -0.3 is 0 Å². The van der Waals surface area contributed by atoms with Crippen molar-refractivity contribution in [3.05, 3.63) is 26.6 Å². The molecule has 0 saturated carbocycles. The third-order valence-electron chi connectivity index (χ3n) is 1.97. The molecule has 0 N–H and O–H groups in total. The largest absolute Gasteiger partial charge is 0.298 e. The molecule has 0 radical (unpaired) electrons. The molecule has 1 nitrogen and oxygen atoms in total. The lowest BCUT2D eigenvalue weighted by atomic mass is 10.2. The SMILES string of the molecule is CSc1cc2cc(I)sc2cc1C=O. The summed E-state index contributed by atoms with van der Waals surface area (Å²) in [5, 5.41) is 1.23. The van der Waals surface area contributed by atoms with E-state index in [0.717, 1.165) is 16.7 Å². The van der Waals surface area contributed by atoms with E-state index in [4.69, 9.17) is 0 Å². The molecule has 2 aromatic rings. The van der Waals surface area contributed by atoms with Crippen LogP contribution in [0.1, 0.15) is 10.4 Å². The number of carbonyl (C=O) groups excluding carboxylic acids is 1. The summed E-state index contributed by atoms with van der Waals surface area (Å²) in [6.07, 6.45) is 2.92. The predicted octanol–water partition coefficient (Wildman–Crippen LogP) is 4.04. The topological polar surface area (TPSA) is 17.1 Å². The molecular formula is C10H7IOS2. The van der Waals surface area contributed by atoms with Gasteiger partial charge in [-0.15, -0.1) is 23.1 Å². The molecule has 0 spiro atoms. The van der Waals surface area contributed by atoms with Crippen molar-refractivity contribution in [2.24, 2.45) is 0 Å². The van der Waals surface area contributed by atoms with Gasteiger partial charge in [-0.3, -0.25) is 4.79 Å². The Morgan fingerprint density at radius 1 is 1.43 bits per heavy atom. The zero-order valence-electron chi connectivity index (χ0n) is 7.41. The second kappa shape index (κ2) is 4.20. The van der Waals surface area contributed by atoms with Gasteiger partial charge in [0.2, 0.25) is 0 Å². The van der Waals surface area contributed by atoms with Gasteiger partial charge in [-0.25, -0.2) is 0 Å². The van der Waals surface area contributed by atoms with Crippen LogP contribution >= 0.6 is 45.7 Å². The highest BCUT2D eigenvalue weighted by Gasteiger charge is 2.05. The Morgan fingerprint density at radius 3 is 2.86 bits per heavy atom. The second-order valence-electron chi connectivity index (χ2n) is 2.80. The summed E-state index contributed by atoms with van der Waals surface area (Å²) in [5.74, 6) is 0. The molecule has 0 aliphatic carbocycles. The Kier molecular flexibility index (Phi) is 3.14. The highest BCUT2D eigenvalue weighted by Crippen LogP contribution is 2.31. The summed E-state index contributed by atoms with van der Waals surface area (Å²) < 4.78 is 2.45. The molecule has 4 heteroatoms. The average molecular weight is 334 g/mol. The minimum absolute atomic E-state index is 0.795. The fourth-order valence-electron chi connectivity index (χ4n) is 1.32. The van der Waals surface area contributed by atoms with Crippen LogP contribution in [-0.4, -0.2) is 12.5 Å². The van der Waals surface area contributed by atoms with E-state index in [1.807, 2.05) is 12.3 Å². The average Bonchev–Trinajstić information content (AvgIpc) is 2.54. The van der Waals surface area contributed by atoms with Crippen LogP contribution in [0, 0.1) is 2.88 Å². The maximum Gasteiger partial charge on any atom is 0.151 e. The number of benzene rings is 1. The van der Waals surface area contributed by atoms with Crippen molar-refractivity contribution in [3.8, 4) is 0 Å².